The summed E-state index contributed by atoms with van der Waals surface area (Å²) in [5.41, 5.74) is 0.881. The van der Waals surface area contributed by atoms with Crippen LogP contribution in [0.1, 0.15) is 70.9 Å². The van der Waals surface area contributed by atoms with Crippen molar-refractivity contribution in [2.45, 2.75) is 57.2 Å². The molecule has 7 nitrogen and oxygen atoms in total. The Morgan fingerprint density at radius 3 is 2.57 bits per heavy atom. The molecule has 2 fully saturated rings. The molecule has 3 aliphatic rings. The van der Waals surface area contributed by atoms with Crippen LogP contribution in [0.5, 0.6) is 0 Å². The molecule has 0 spiro atoms. The number of piperidine rings is 1. The molecule has 1 saturated carbocycles. The Labute approximate surface area is 207 Å². The lowest BCUT2D eigenvalue weighted by Crippen LogP contribution is -2.52. The number of hydrogen-bond donors (Lipinski definition) is 2. The van der Waals surface area contributed by atoms with Gasteiger partial charge >= 0.3 is 0 Å². The quantitative estimate of drug-likeness (QED) is 0.616. The van der Waals surface area contributed by atoms with E-state index in [1.807, 2.05) is 6.92 Å². The fourth-order valence-corrected chi connectivity index (χ4v) is 5.47. The minimum atomic E-state index is -0.919. The minimum absolute atomic E-state index is 0.0844. The van der Waals surface area contributed by atoms with E-state index in [1.54, 1.807) is 30.3 Å². The summed E-state index contributed by atoms with van der Waals surface area (Å²) >= 11 is 5.95. The maximum absolute atomic E-state index is 14.9. The number of halogens is 2. The molecule has 1 unspecified atom stereocenters. The van der Waals surface area contributed by atoms with Gasteiger partial charge in [-0.15, -0.1) is 0 Å². The summed E-state index contributed by atoms with van der Waals surface area (Å²) < 4.78 is 14.9. The van der Waals surface area contributed by atoms with Gasteiger partial charge in [-0.25, -0.2) is 4.39 Å². The Morgan fingerprint density at radius 1 is 1.14 bits per heavy atom. The lowest BCUT2D eigenvalue weighted by molar-refractivity contribution is -0.136. The number of rotatable bonds is 5. The second-order valence-corrected chi connectivity index (χ2v) is 10.1. The molecular weight excluding hydrogens is 473 g/mol. The second kappa shape index (κ2) is 8.75. The lowest BCUT2D eigenvalue weighted by atomic mass is 9.68. The van der Waals surface area contributed by atoms with E-state index in [0.717, 1.165) is 19.3 Å². The van der Waals surface area contributed by atoms with Gasteiger partial charge in [-0.2, -0.15) is 0 Å². The summed E-state index contributed by atoms with van der Waals surface area (Å²) in [6.45, 7) is 2.01. The highest BCUT2D eigenvalue weighted by Gasteiger charge is 2.43. The lowest BCUT2D eigenvalue weighted by Gasteiger charge is -2.44. The van der Waals surface area contributed by atoms with Gasteiger partial charge in [0.05, 0.1) is 5.54 Å². The van der Waals surface area contributed by atoms with Crippen LogP contribution in [0.4, 0.5) is 4.39 Å². The molecule has 35 heavy (non-hydrogen) atoms. The van der Waals surface area contributed by atoms with E-state index in [4.69, 9.17) is 11.6 Å². The smallest absolute Gasteiger partial charge is 0.255 e. The van der Waals surface area contributed by atoms with Gasteiger partial charge < -0.3 is 10.2 Å². The molecule has 2 heterocycles. The molecule has 2 N–H and O–H groups in total. The molecule has 1 aliphatic carbocycles. The average molecular weight is 498 g/mol. The normalized spacial score (nSPS) is 21.7. The molecule has 2 aromatic rings. The second-order valence-electron chi connectivity index (χ2n) is 9.68. The van der Waals surface area contributed by atoms with Crippen molar-refractivity contribution in [3.05, 3.63) is 69.5 Å². The Kier molecular flexibility index (Phi) is 5.87. The largest absolute Gasteiger partial charge is 0.342 e. The van der Waals surface area contributed by atoms with Crippen molar-refractivity contribution in [3.63, 3.8) is 0 Å². The third-order valence-electron chi connectivity index (χ3n) is 7.57. The van der Waals surface area contributed by atoms with Gasteiger partial charge in [-0.05, 0) is 68.0 Å². The third-order valence-corrected chi connectivity index (χ3v) is 7.81. The molecule has 1 saturated heterocycles. The van der Waals surface area contributed by atoms with Crippen molar-refractivity contribution < 1.29 is 23.6 Å². The molecule has 2 aromatic carbocycles. The van der Waals surface area contributed by atoms with Gasteiger partial charge in [-0.1, -0.05) is 24.1 Å². The molecular formula is C26H25ClFN3O4. The molecule has 2 aliphatic heterocycles. The predicted octanol–water partition coefficient (Wildman–Crippen LogP) is 3.69. The van der Waals surface area contributed by atoms with Crippen LogP contribution in [0.15, 0.2) is 36.4 Å². The number of nitrogens with zero attached hydrogens (tertiary/aromatic N) is 1. The summed E-state index contributed by atoms with van der Waals surface area (Å²) in [5.74, 6) is -1.89. The molecule has 0 radical (unpaired) electrons. The maximum Gasteiger partial charge on any atom is 0.255 e. The Morgan fingerprint density at radius 2 is 1.91 bits per heavy atom. The van der Waals surface area contributed by atoms with Crippen LogP contribution in [0.2, 0.25) is 5.02 Å². The van der Waals surface area contributed by atoms with E-state index < -0.39 is 23.3 Å². The van der Waals surface area contributed by atoms with Gasteiger partial charge in [0.15, 0.2) is 0 Å². The summed E-state index contributed by atoms with van der Waals surface area (Å²) in [5, 5.41) is 5.62. The highest BCUT2D eigenvalue weighted by atomic mass is 35.5. The predicted molar refractivity (Wildman–Crippen MR) is 126 cm³/mol. The highest BCUT2D eigenvalue weighted by Crippen LogP contribution is 2.43. The van der Waals surface area contributed by atoms with Crippen LogP contribution < -0.4 is 10.6 Å². The van der Waals surface area contributed by atoms with Crippen molar-refractivity contribution in [1.29, 1.82) is 0 Å². The topological polar surface area (TPSA) is 95.6 Å². The van der Waals surface area contributed by atoms with Gasteiger partial charge in [0.2, 0.25) is 11.8 Å². The van der Waals surface area contributed by atoms with Crippen molar-refractivity contribution in [2.75, 3.05) is 0 Å². The number of benzene rings is 2. The first kappa shape index (κ1) is 23.5. The van der Waals surface area contributed by atoms with Crippen LogP contribution in [-0.4, -0.2) is 34.6 Å². The number of amides is 4. The SMILES string of the molecule is CC(NC(=O)c1ccc2c(c1)CN([C@@H]1CCC(=O)NC1=O)C2=O)(c1ccc(Cl)cc1F)C1CCC1. The molecule has 5 rings (SSSR count). The standard InChI is InChI=1S/C26H25ClFN3O4/c1-26(16-3-2-4-16,19-8-6-17(27)12-20(19)28)30-23(33)14-5-7-18-15(11-14)13-31(25(18)35)21-9-10-22(32)29-24(21)34/h5-8,11-12,16,21H,2-4,9-10,13H2,1H3,(H,30,33)(H,29,32,34)/t21-,26?/m1/s1. The monoisotopic (exact) mass is 497 g/mol. The summed E-state index contributed by atoms with van der Waals surface area (Å²) in [6.07, 6.45) is 3.20. The third kappa shape index (κ3) is 4.10. The first-order valence-electron chi connectivity index (χ1n) is 11.7. The molecule has 9 heteroatoms. The molecule has 182 valence electrons. The van der Waals surface area contributed by atoms with E-state index in [9.17, 15) is 23.6 Å². The zero-order valence-corrected chi connectivity index (χ0v) is 20.0. The van der Waals surface area contributed by atoms with E-state index in [2.05, 4.69) is 10.6 Å². The summed E-state index contributed by atoms with van der Waals surface area (Å²) in [7, 11) is 0. The summed E-state index contributed by atoms with van der Waals surface area (Å²) in [6, 6.07) is 8.57. The van der Waals surface area contributed by atoms with Gasteiger partial charge in [0.1, 0.15) is 11.9 Å². The van der Waals surface area contributed by atoms with Gasteiger partial charge in [0, 0.05) is 34.7 Å². The first-order valence-corrected chi connectivity index (χ1v) is 12.1. The number of imide groups is 1. The fourth-order valence-electron chi connectivity index (χ4n) is 5.31. The number of nitrogens with one attached hydrogen (secondary N) is 2. The maximum atomic E-state index is 14.9. The van der Waals surface area contributed by atoms with Gasteiger partial charge in [0.25, 0.3) is 11.8 Å². The zero-order valence-electron chi connectivity index (χ0n) is 19.2. The number of carbonyl (C=O) groups excluding carboxylic acids is 4. The van der Waals surface area contributed by atoms with Gasteiger partial charge in [-0.3, -0.25) is 24.5 Å². The van der Waals surface area contributed by atoms with E-state index in [1.165, 1.54) is 11.0 Å². The Bertz CT molecular complexity index is 1260. The van der Waals surface area contributed by atoms with Crippen molar-refractivity contribution >= 4 is 35.2 Å². The first-order chi connectivity index (χ1) is 16.7. The van der Waals surface area contributed by atoms with Crippen molar-refractivity contribution in [2.24, 2.45) is 5.92 Å². The number of carbonyl (C=O) groups is 4. The minimum Gasteiger partial charge on any atom is -0.342 e. The fraction of sp³-hybridized carbons (Fsp3) is 0.385. The summed E-state index contributed by atoms with van der Waals surface area (Å²) in [4.78, 5) is 51.5. The van der Waals surface area contributed by atoms with E-state index in [0.29, 0.717) is 22.3 Å². The van der Waals surface area contributed by atoms with Crippen molar-refractivity contribution in [1.82, 2.24) is 15.5 Å². The zero-order chi connectivity index (χ0) is 24.9. The van der Waals surface area contributed by atoms with Crippen LogP contribution >= 0.6 is 11.6 Å². The molecule has 2 atom stereocenters. The Balaban J connectivity index is 1.39. The number of hydrogen-bond acceptors (Lipinski definition) is 4. The highest BCUT2D eigenvalue weighted by molar-refractivity contribution is 6.30. The number of fused-ring (bicyclic) bond motifs is 1. The van der Waals surface area contributed by atoms with Crippen molar-refractivity contribution in [3.8, 4) is 0 Å². The van der Waals surface area contributed by atoms with Crippen LogP contribution in [-0.2, 0) is 21.7 Å². The molecule has 0 bridgehead atoms. The van der Waals surface area contributed by atoms with Crippen LogP contribution in [0.25, 0.3) is 0 Å². The molecule has 0 aromatic heterocycles. The van der Waals surface area contributed by atoms with E-state index in [-0.39, 0.29) is 48.0 Å². The van der Waals surface area contributed by atoms with E-state index >= 15 is 0 Å². The average Bonchev–Trinajstić information content (AvgIpc) is 3.07. The van der Waals surface area contributed by atoms with Crippen LogP contribution in [0.3, 0.4) is 0 Å². The molecule has 4 amide bonds. The Hall–Kier alpha value is -3.26. The van der Waals surface area contributed by atoms with Crippen LogP contribution in [0, 0.1) is 11.7 Å².